The summed E-state index contributed by atoms with van der Waals surface area (Å²) < 4.78 is 43.4. The number of hydrogen-bond donors (Lipinski definition) is 2. The third-order valence-corrected chi connectivity index (χ3v) is 4.48. The molecule has 0 bridgehead atoms. The van der Waals surface area contributed by atoms with Crippen molar-refractivity contribution in [2.75, 3.05) is 37.7 Å². The van der Waals surface area contributed by atoms with Crippen molar-refractivity contribution in [3.8, 4) is 0 Å². The van der Waals surface area contributed by atoms with E-state index in [1.807, 2.05) is 0 Å². The van der Waals surface area contributed by atoms with Crippen LogP contribution in [0.1, 0.15) is 12.0 Å². The molecule has 2 unspecified atom stereocenters. The normalized spacial score (nSPS) is 22.6. The number of pyridine rings is 1. The van der Waals surface area contributed by atoms with Crippen LogP contribution in [0.2, 0.25) is 5.02 Å². The molecule has 0 radical (unpaired) electrons. The third kappa shape index (κ3) is 5.99. The number of aromatic nitrogens is 1. The molecule has 3 heterocycles. The first-order chi connectivity index (χ1) is 11.8. The fraction of sp³-hybridized carbons (Fsp3) is 0.600. The highest BCUT2D eigenvalue weighted by atomic mass is 35.5. The third-order valence-electron chi connectivity index (χ3n) is 4.20. The Morgan fingerprint density at radius 2 is 2.15 bits per heavy atom. The molecule has 0 aromatic carbocycles. The number of nitrogens with one attached hydrogen (secondary N) is 2. The number of rotatable bonds is 3. The van der Waals surface area contributed by atoms with Crippen molar-refractivity contribution in [3.05, 3.63) is 22.8 Å². The number of amides is 1. The van der Waals surface area contributed by atoms with Gasteiger partial charge < -0.3 is 20.3 Å². The molecule has 6 nitrogen and oxygen atoms in total. The van der Waals surface area contributed by atoms with Gasteiger partial charge in [0.15, 0.2) is 0 Å². The summed E-state index contributed by atoms with van der Waals surface area (Å²) in [6.45, 7) is 2.66. The fourth-order valence-electron chi connectivity index (χ4n) is 2.92. The van der Waals surface area contributed by atoms with Crippen molar-refractivity contribution >= 4 is 48.1 Å². The lowest BCUT2D eigenvalue weighted by molar-refractivity contribution is -0.138. The van der Waals surface area contributed by atoms with Crippen molar-refractivity contribution in [1.82, 2.24) is 15.6 Å². The number of hydrogen-bond acceptors (Lipinski definition) is 5. The van der Waals surface area contributed by atoms with Gasteiger partial charge in [-0.3, -0.25) is 4.79 Å². The minimum absolute atomic E-state index is 0. The van der Waals surface area contributed by atoms with E-state index in [0.717, 1.165) is 18.8 Å². The summed E-state index contributed by atoms with van der Waals surface area (Å²) in [6.07, 6.45) is -3.57. The van der Waals surface area contributed by atoms with E-state index in [1.54, 1.807) is 4.90 Å². The zero-order valence-electron chi connectivity index (χ0n) is 14.1. The summed E-state index contributed by atoms with van der Waals surface area (Å²) in [5.74, 6) is 0.104. The van der Waals surface area contributed by atoms with E-state index < -0.39 is 17.8 Å². The maximum absolute atomic E-state index is 12.7. The van der Waals surface area contributed by atoms with E-state index in [2.05, 4.69) is 15.6 Å². The Balaban J connectivity index is 0.00000182. The first-order valence-electron chi connectivity index (χ1n) is 7.95. The fourth-order valence-corrected chi connectivity index (χ4v) is 3.20. The molecule has 2 aliphatic rings. The second-order valence-corrected chi connectivity index (χ2v) is 6.44. The van der Waals surface area contributed by atoms with Crippen LogP contribution in [0.3, 0.4) is 0 Å². The Labute approximate surface area is 172 Å². The topological polar surface area (TPSA) is 66.5 Å². The van der Waals surface area contributed by atoms with Gasteiger partial charge in [0.05, 0.1) is 17.2 Å². The molecule has 2 saturated heterocycles. The summed E-state index contributed by atoms with van der Waals surface area (Å²) in [5.41, 5.74) is -0.882. The summed E-state index contributed by atoms with van der Waals surface area (Å²) in [7, 11) is 0. The Hall–Kier alpha value is -1.00. The van der Waals surface area contributed by atoms with E-state index >= 15 is 0 Å². The number of morpholine rings is 1. The van der Waals surface area contributed by atoms with E-state index in [-0.39, 0.29) is 41.8 Å². The molecule has 2 aliphatic heterocycles. The number of nitrogens with zero attached hydrogens (tertiary/aromatic N) is 2. The van der Waals surface area contributed by atoms with Crippen LogP contribution in [0.5, 0.6) is 0 Å². The van der Waals surface area contributed by atoms with Crippen LogP contribution in [0.25, 0.3) is 0 Å². The van der Waals surface area contributed by atoms with Gasteiger partial charge in [-0.1, -0.05) is 11.6 Å². The summed E-state index contributed by atoms with van der Waals surface area (Å²) in [6, 6.07) is 0.746. The minimum atomic E-state index is -4.48. The Morgan fingerprint density at radius 1 is 1.41 bits per heavy atom. The van der Waals surface area contributed by atoms with Crippen LogP contribution in [-0.4, -0.2) is 55.8 Å². The summed E-state index contributed by atoms with van der Waals surface area (Å²) >= 11 is 5.97. The van der Waals surface area contributed by atoms with Crippen LogP contribution in [0, 0.1) is 0 Å². The van der Waals surface area contributed by atoms with Gasteiger partial charge in [-0.2, -0.15) is 13.2 Å². The maximum atomic E-state index is 12.7. The van der Waals surface area contributed by atoms with Crippen LogP contribution >= 0.6 is 36.4 Å². The zero-order chi connectivity index (χ0) is 18.0. The smallest absolute Gasteiger partial charge is 0.366 e. The van der Waals surface area contributed by atoms with Crippen molar-refractivity contribution in [1.29, 1.82) is 0 Å². The van der Waals surface area contributed by atoms with Crippen molar-refractivity contribution in [2.45, 2.75) is 24.7 Å². The lowest BCUT2D eigenvalue weighted by Gasteiger charge is -2.24. The molecule has 1 aromatic rings. The predicted molar refractivity (Wildman–Crippen MR) is 100 cm³/mol. The molecule has 3 rings (SSSR count). The quantitative estimate of drug-likeness (QED) is 0.738. The SMILES string of the molecule is Cl.Cl.O=C(NC1CCN(c2ncc(C(F)(F)F)cc2Cl)C1)C1CNCCO1. The highest BCUT2D eigenvalue weighted by Crippen LogP contribution is 2.34. The second kappa shape index (κ2) is 9.97. The van der Waals surface area contributed by atoms with Gasteiger partial charge in [-0.15, -0.1) is 24.8 Å². The van der Waals surface area contributed by atoms with Crippen LogP contribution in [-0.2, 0) is 15.7 Å². The average Bonchev–Trinajstić information content (AvgIpc) is 3.03. The van der Waals surface area contributed by atoms with Gasteiger partial charge in [-0.05, 0) is 12.5 Å². The molecule has 0 spiro atoms. The average molecular weight is 452 g/mol. The number of halogens is 6. The molecule has 27 heavy (non-hydrogen) atoms. The highest BCUT2D eigenvalue weighted by molar-refractivity contribution is 6.33. The molecule has 154 valence electrons. The zero-order valence-corrected chi connectivity index (χ0v) is 16.5. The van der Waals surface area contributed by atoms with Crippen molar-refractivity contribution in [2.24, 2.45) is 0 Å². The molecule has 2 atom stereocenters. The standard InChI is InChI=1S/C15H18ClF3N4O2.2ClH/c16-11-5-9(15(17,18)19)6-21-13(11)23-3-1-10(8-23)22-14(24)12-7-20-2-4-25-12;;/h5-6,10,12,20H,1-4,7-8H2,(H,22,24);2*1H. The van der Waals surface area contributed by atoms with Gasteiger partial charge in [0, 0.05) is 38.4 Å². The number of anilines is 1. The highest BCUT2D eigenvalue weighted by Gasteiger charge is 2.33. The second-order valence-electron chi connectivity index (χ2n) is 6.03. The first-order valence-corrected chi connectivity index (χ1v) is 8.33. The van der Waals surface area contributed by atoms with Crippen LogP contribution in [0.4, 0.5) is 19.0 Å². The molecule has 1 amide bonds. The van der Waals surface area contributed by atoms with Crippen LogP contribution in [0.15, 0.2) is 12.3 Å². The lowest BCUT2D eigenvalue weighted by Crippen LogP contribution is -2.50. The number of alkyl halides is 3. The van der Waals surface area contributed by atoms with E-state index in [4.69, 9.17) is 16.3 Å². The minimum Gasteiger partial charge on any atom is -0.366 e. The number of carbonyl (C=O) groups excluding carboxylic acids is 1. The maximum Gasteiger partial charge on any atom is 0.417 e. The Kier molecular flexibility index (Phi) is 8.88. The van der Waals surface area contributed by atoms with Gasteiger partial charge in [-0.25, -0.2) is 4.98 Å². The van der Waals surface area contributed by atoms with E-state index in [9.17, 15) is 18.0 Å². The molecule has 2 N–H and O–H groups in total. The van der Waals surface area contributed by atoms with Gasteiger partial charge in [0.2, 0.25) is 0 Å². The Bertz CT molecular complexity index is 645. The molecule has 12 heteroatoms. The molecule has 0 aliphatic carbocycles. The van der Waals surface area contributed by atoms with E-state index in [0.29, 0.717) is 38.5 Å². The summed E-state index contributed by atoms with van der Waals surface area (Å²) in [5, 5.41) is 5.94. The molecular weight excluding hydrogens is 432 g/mol. The van der Waals surface area contributed by atoms with Gasteiger partial charge >= 0.3 is 6.18 Å². The van der Waals surface area contributed by atoms with Gasteiger partial charge in [0.25, 0.3) is 5.91 Å². The summed E-state index contributed by atoms with van der Waals surface area (Å²) in [4.78, 5) is 17.8. The first kappa shape index (κ1) is 24.0. The van der Waals surface area contributed by atoms with Crippen LogP contribution < -0.4 is 15.5 Å². The van der Waals surface area contributed by atoms with Gasteiger partial charge in [0.1, 0.15) is 11.9 Å². The number of ether oxygens (including phenoxy) is 1. The largest absolute Gasteiger partial charge is 0.417 e. The van der Waals surface area contributed by atoms with Crippen molar-refractivity contribution in [3.63, 3.8) is 0 Å². The van der Waals surface area contributed by atoms with E-state index in [1.165, 1.54) is 0 Å². The monoisotopic (exact) mass is 450 g/mol. The molecule has 2 fully saturated rings. The lowest BCUT2D eigenvalue weighted by atomic mass is 10.2. The molecule has 0 saturated carbocycles. The Morgan fingerprint density at radius 3 is 2.74 bits per heavy atom. The predicted octanol–water partition coefficient (Wildman–Crippen LogP) is 2.28. The van der Waals surface area contributed by atoms with Crippen molar-refractivity contribution < 1.29 is 22.7 Å². The molecule has 1 aromatic heterocycles. The molecular formula is C15H20Cl3F3N4O2. The number of carbonyl (C=O) groups is 1.